The van der Waals surface area contributed by atoms with Crippen LogP contribution in [0.2, 0.25) is 0 Å². The van der Waals surface area contributed by atoms with Crippen LogP contribution in [0.1, 0.15) is 44.7 Å². The van der Waals surface area contributed by atoms with Gasteiger partial charge < -0.3 is 49.3 Å². The van der Waals surface area contributed by atoms with E-state index < -0.39 is 28.9 Å². The molecule has 0 aromatic heterocycles. The van der Waals surface area contributed by atoms with Crippen molar-refractivity contribution in [2.24, 2.45) is 0 Å². The van der Waals surface area contributed by atoms with E-state index in [0.717, 1.165) is 5.56 Å². The average Bonchev–Trinajstić information content (AvgIpc) is 3.15. The number of rotatable bonds is 23. The van der Waals surface area contributed by atoms with E-state index >= 15 is 0 Å². The third-order valence-corrected chi connectivity index (χ3v) is 8.27. The van der Waals surface area contributed by atoms with Gasteiger partial charge in [0.05, 0.1) is 47.9 Å². The molecule has 3 aromatic carbocycles. The second kappa shape index (κ2) is 21.4. The van der Waals surface area contributed by atoms with Crippen molar-refractivity contribution in [3.63, 3.8) is 0 Å². The van der Waals surface area contributed by atoms with Crippen LogP contribution < -0.4 is 24.8 Å². The highest BCUT2D eigenvalue weighted by Gasteiger charge is 2.37. The van der Waals surface area contributed by atoms with Crippen molar-refractivity contribution < 1.29 is 53.1 Å². The van der Waals surface area contributed by atoms with Crippen LogP contribution in [0.5, 0.6) is 17.2 Å². The normalized spacial score (nSPS) is 14.7. The Morgan fingerprint density at radius 3 is 2.15 bits per heavy atom. The molecule has 3 aromatic rings. The molecular weight excluding hydrogens is 714 g/mol. The zero-order valence-electron chi connectivity index (χ0n) is 31.4. The molecule has 296 valence electrons. The number of aliphatic hydroxyl groups excluding tert-OH is 1. The zero-order valence-corrected chi connectivity index (χ0v) is 31.4. The Hall–Kier alpha value is -5.48. The van der Waals surface area contributed by atoms with E-state index in [0.29, 0.717) is 68.2 Å². The largest absolute Gasteiger partial charge is 0.492 e. The minimum absolute atomic E-state index is 0.0128. The number of carboxylic acids is 1. The van der Waals surface area contributed by atoms with Gasteiger partial charge in [-0.1, -0.05) is 24.3 Å². The van der Waals surface area contributed by atoms with Gasteiger partial charge in [0, 0.05) is 36.6 Å². The number of carbonyl (C=O) groups excluding carboxylic acids is 1. The van der Waals surface area contributed by atoms with Crippen LogP contribution in [-0.4, -0.2) is 92.0 Å². The van der Waals surface area contributed by atoms with E-state index in [-0.39, 0.29) is 48.3 Å². The highest BCUT2D eigenvalue weighted by Crippen LogP contribution is 2.39. The molecule has 0 saturated heterocycles. The number of esters is 1. The van der Waals surface area contributed by atoms with Gasteiger partial charge in [-0.25, -0.2) is 9.59 Å². The Labute approximate surface area is 320 Å². The van der Waals surface area contributed by atoms with Crippen LogP contribution in [0.15, 0.2) is 95.3 Å². The van der Waals surface area contributed by atoms with E-state index in [1.807, 2.05) is 38.1 Å². The standard InChI is InChI=1S/C40H49N3O12/c1-26(2)51-19-18-50-24-29-8-10-35(11-9-29)55-25-32(44)23-41-16-17-52-33-12-14-34(15-13-33)53-20-21-54-40(47)37-28(4)42-27(3)36(39(45)46)38(37)30-6-5-7-31(22-30)43(48)49/h5-15,22,26,32,38,41-42,44H,16-21,23-25H2,1-4H3,(H,45,46). The van der Waals surface area contributed by atoms with Crippen LogP contribution >= 0.6 is 0 Å². The molecular formula is C40H49N3O12. The number of nitro groups is 1. The monoisotopic (exact) mass is 763 g/mol. The van der Waals surface area contributed by atoms with Crippen LogP contribution in [0.4, 0.5) is 5.69 Å². The molecule has 0 saturated carbocycles. The van der Waals surface area contributed by atoms with Crippen LogP contribution in [-0.2, 0) is 30.4 Å². The molecule has 1 aliphatic heterocycles. The maximum Gasteiger partial charge on any atom is 0.336 e. The van der Waals surface area contributed by atoms with Crippen molar-refractivity contribution in [3.05, 3.63) is 117 Å². The highest BCUT2D eigenvalue weighted by molar-refractivity contribution is 5.99. The first-order valence-electron chi connectivity index (χ1n) is 17.9. The summed E-state index contributed by atoms with van der Waals surface area (Å²) in [7, 11) is 0. The Balaban J connectivity index is 1.13. The highest BCUT2D eigenvalue weighted by atomic mass is 16.6. The number of benzene rings is 3. The summed E-state index contributed by atoms with van der Waals surface area (Å²) in [6, 6.07) is 19.9. The molecule has 4 N–H and O–H groups in total. The van der Waals surface area contributed by atoms with Gasteiger partial charge in [0.15, 0.2) is 0 Å². The van der Waals surface area contributed by atoms with Gasteiger partial charge in [0.25, 0.3) is 5.69 Å². The number of nitrogens with one attached hydrogen (secondary N) is 2. The van der Waals surface area contributed by atoms with Gasteiger partial charge in [-0.15, -0.1) is 0 Å². The van der Waals surface area contributed by atoms with Crippen molar-refractivity contribution >= 4 is 17.6 Å². The van der Waals surface area contributed by atoms with Crippen LogP contribution in [0.25, 0.3) is 0 Å². The second-order valence-corrected chi connectivity index (χ2v) is 12.9. The van der Waals surface area contributed by atoms with E-state index in [4.69, 9.17) is 28.4 Å². The number of hydrogen-bond acceptors (Lipinski definition) is 13. The number of carboxylic acid groups (broad SMARTS) is 1. The van der Waals surface area contributed by atoms with Gasteiger partial charge in [-0.05, 0) is 75.2 Å². The van der Waals surface area contributed by atoms with E-state index in [1.54, 1.807) is 44.2 Å². The van der Waals surface area contributed by atoms with Crippen molar-refractivity contribution in [2.75, 3.05) is 52.7 Å². The minimum atomic E-state index is -1.27. The first-order chi connectivity index (χ1) is 26.4. The van der Waals surface area contributed by atoms with Crippen LogP contribution in [0, 0.1) is 10.1 Å². The summed E-state index contributed by atoms with van der Waals surface area (Å²) in [6.45, 7) is 9.91. The molecule has 2 unspecified atom stereocenters. The molecule has 0 aliphatic carbocycles. The van der Waals surface area contributed by atoms with Crippen LogP contribution in [0.3, 0.4) is 0 Å². The fraction of sp³-hybridized carbons (Fsp3) is 0.400. The Kier molecular flexibility index (Phi) is 16.5. The Morgan fingerprint density at radius 1 is 0.855 bits per heavy atom. The summed E-state index contributed by atoms with van der Waals surface area (Å²) in [5, 5.41) is 37.8. The molecule has 0 fully saturated rings. The molecule has 1 heterocycles. The first kappa shape index (κ1) is 42.3. The summed E-state index contributed by atoms with van der Waals surface area (Å²) < 4.78 is 33.7. The number of allylic oxidation sites excluding steroid dienone is 2. The molecule has 0 spiro atoms. The molecule has 55 heavy (non-hydrogen) atoms. The van der Waals surface area contributed by atoms with Crippen molar-refractivity contribution in [1.82, 2.24) is 10.6 Å². The predicted octanol–water partition coefficient (Wildman–Crippen LogP) is 4.89. The first-order valence-corrected chi connectivity index (χ1v) is 17.9. The fourth-order valence-electron chi connectivity index (χ4n) is 5.68. The number of hydrogen-bond donors (Lipinski definition) is 4. The maximum atomic E-state index is 13.3. The summed E-state index contributed by atoms with van der Waals surface area (Å²) in [6.07, 6.45) is -0.529. The lowest BCUT2D eigenvalue weighted by atomic mass is 9.80. The van der Waals surface area contributed by atoms with E-state index in [9.17, 15) is 29.9 Å². The number of non-ortho nitro benzene ring substituents is 1. The van der Waals surface area contributed by atoms with Crippen molar-refractivity contribution in [2.45, 2.75) is 52.4 Å². The number of aliphatic carboxylic acids is 1. The van der Waals surface area contributed by atoms with Crippen molar-refractivity contribution in [1.29, 1.82) is 0 Å². The zero-order chi connectivity index (χ0) is 39.7. The summed E-state index contributed by atoms with van der Waals surface area (Å²) >= 11 is 0. The van der Waals surface area contributed by atoms with Gasteiger partial charge in [0.2, 0.25) is 0 Å². The van der Waals surface area contributed by atoms with Gasteiger partial charge in [-0.2, -0.15) is 0 Å². The lowest BCUT2D eigenvalue weighted by Crippen LogP contribution is -2.33. The fourth-order valence-corrected chi connectivity index (χ4v) is 5.68. The summed E-state index contributed by atoms with van der Waals surface area (Å²) in [5.74, 6) is -1.35. The van der Waals surface area contributed by atoms with E-state index in [2.05, 4.69) is 10.6 Å². The maximum absolute atomic E-state index is 13.3. The summed E-state index contributed by atoms with van der Waals surface area (Å²) in [5.41, 5.74) is 1.69. The number of nitrogens with zero attached hydrogens (tertiary/aromatic N) is 1. The minimum Gasteiger partial charge on any atom is -0.492 e. The Bertz CT molecular complexity index is 1790. The van der Waals surface area contributed by atoms with Gasteiger partial charge in [0.1, 0.15) is 49.8 Å². The van der Waals surface area contributed by atoms with Gasteiger partial charge >= 0.3 is 11.9 Å². The second-order valence-electron chi connectivity index (χ2n) is 12.9. The number of dihydropyridines is 1. The molecule has 15 nitrogen and oxygen atoms in total. The molecule has 0 bridgehead atoms. The lowest BCUT2D eigenvalue weighted by molar-refractivity contribution is -0.384. The summed E-state index contributed by atoms with van der Waals surface area (Å²) in [4.78, 5) is 36.4. The third kappa shape index (κ3) is 13.4. The molecule has 15 heteroatoms. The molecule has 2 atom stereocenters. The molecule has 0 amide bonds. The Morgan fingerprint density at radius 2 is 1.49 bits per heavy atom. The number of carbonyl (C=O) groups is 2. The predicted molar refractivity (Wildman–Crippen MR) is 202 cm³/mol. The molecule has 0 radical (unpaired) electrons. The SMILES string of the molecule is CC1=C(C(=O)O)C(c2cccc([N+](=O)[O-])c2)C(C(=O)OCCOc2ccc(OCCNCC(O)COc3ccc(COCCOC(C)C)cc3)cc2)=C(C)N1. The number of nitro benzene ring substituents is 1. The van der Waals surface area contributed by atoms with Gasteiger partial charge in [-0.3, -0.25) is 10.1 Å². The third-order valence-electron chi connectivity index (χ3n) is 8.27. The molecule has 1 aliphatic rings. The smallest absolute Gasteiger partial charge is 0.336 e. The quantitative estimate of drug-likeness (QED) is 0.0441. The number of ether oxygens (including phenoxy) is 6. The lowest BCUT2D eigenvalue weighted by Gasteiger charge is -2.29. The topological polar surface area (TPSA) is 197 Å². The average molecular weight is 764 g/mol. The number of aliphatic hydroxyl groups is 1. The molecule has 4 rings (SSSR count). The van der Waals surface area contributed by atoms with Crippen molar-refractivity contribution in [3.8, 4) is 17.2 Å². The van der Waals surface area contributed by atoms with E-state index in [1.165, 1.54) is 18.2 Å².